The van der Waals surface area contributed by atoms with Crippen molar-refractivity contribution >= 4 is 28.1 Å². The monoisotopic (exact) mass is 411 g/mol. The molecule has 0 aliphatic carbocycles. The third-order valence-corrected chi connectivity index (χ3v) is 7.00. The zero-order valence-electron chi connectivity index (χ0n) is 17.1. The van der Waals surface area contributed by atoms with Crippen LogP contribution in [0.1, 0.15) is 36.1 Å². The average Bonchev–Trinajstić information content (AvgIpc) is 3.42. The summed E-state index contributed by atoms with van der Waals surface area (Å²) in [5.41, 5.74) is 2.52. The number of benzene rings is 1. The molecule has 0 saturated carbocycles. The maximum atomic E-state index is 12.6. The van der Waals surface area contributed by atoms with Crippen LogP contribution in [0.5, 0.6) is 5.75 Å². The minimum Gasteiger partial charge on any atom is -0.497 e. The lowest BCUT2D eigenvalue weighted by Gasteiger charge is -2.35. The average molecular weight is 412 g/mol. The van der Waals surface area contributed by atoms with Gasteiger partial charge in [0.1, 0.15) is 5.75 Å². The summed E-state index contributed by atoms with van der Waals surface area (Å²) in [6.45, 7) is 4.62. The Morgan fingerprint density at radius 1 is 1.34 bits per heavy atom. The first kappa shape index (κ1) is 20.0. The Hall–Kier alpha value is -2.31. The third kappa shape index (κ3) is 4.49. The van der Waals surface area contributed by atoms with E-state index in [0.29, 0.717) is 12.5 Å². The van der Waals surface area contributed by atoms with Crippen molar-refractivity contribution in [3.63, 3.8) is 0 Å². The molecule has 0 spiro atoms. The van der Waals surface area contributed by atoms with Crippen LogP contribution in [0, 0.1) is 0 Å². The molecule has 29 heavy (non-hydrogen) atoms. The maximum Gasteiger partial charge on any atom is 0.237 e. The van der Waals surface area contributed by atoms with Crippen LogP contribution in [0.15, 0.2) is 41.9 Å². The molecule has 1 aliphatic heterocycles. The first-order chi connectivity index (χ1) is 14.2. The number of carbonyl (C=O) groups excluding carboxylic acids is 1. The van der Waals surface area contributed by atoms with Crippen LogP contribution in [0.2, 0.25) is 0 Å². The molecular formula is C23H29N3O2S. The van der Waals surface area contributed by atoms with E-state index in [0.717, 1.165) is 43.6 Å². The summed E-state index contributed by atoms with van der Waals surface area (Å²) < 4.78 is 5.40. The molecule has 1 fully saturated rings. The standard InChI is InChI=1S/C23H29N3O2S/c1-16(23(27)24-10-7-19-4-3-13-29-19)26-11-8-17(9-12-26)21-15-25-22-6-5-18(28-2)14-20(21)22/h3-6,13-17,25H,7-12H2,1-2H3,(H,24,27). The van der Waals surface area contributed by atoms with Crippen LogP contribution in [0.3, 0.4) is 0 Å². The van der Waals surface area contributed by atoms with Gasteiger partial charge < -0.3 is 15.0 Å². The highest BCUT2D eigenvalue weighted by molar-refractivity contribution is 7.09. The van der Waals surface area contributed by atoms with Gasteiger partial charge in [0.2, 0.25) is 5.91 Å². The number of thiophene rings is 1. The van der Waals surface area contributed by atoms with E-state index in [1.165, 1.54) is 15.8 Å². The Morgan fingerprint density at radius 2 is 2.17 bits per heavy atom. The molecular weight excluding hydrogens is 382 g/mol. The number of hydrogen-bond acceptors (Lipinski definition) is 4. The summed E-state index contributed by atoms with van der Waals surface area (Å²) in [7, 11) is 1.71. The number of fused-ring (bicyclic) bond motifs is 1. The number of aromatic nitrogens is 1. The fourth-order valence-electron chi connectivity index (χ4n) is 4.26. The molecule has 2 aromatic heterocycles. The van der Waals surface area contributed by atoms with Gasteiger partial charge in [0.25, 0.3) is 0 Å². The lowest BCUT2D eigenvalue weighted by Crippen LogP contribution is -2.48. The number of hydrogen-bond donors (Lipinski definition) is 2. The molecule has 0 bridgehead atoms. The molecule has 1 aromatic carbocycles. The number of H-pyrrole nitrogens is 1. The topological polar surface area (TPSA) is 57.4 Å². The number of amides is 1. The summed E-state index contributed by atoms with van der Waals surface area (Å²) in [4.78, 5) is 19.6. The van der Waals surface area contributed by atoms with Gasteiger partial charge in [-0.25, -0.2) is 0 Å². The smallest absolute Gasteiger partial charge is 0.237 e. The lowest BCUT2D eigenvalue weighted by molar-refractivity contribution is -0.126. The van der Waals surface area contributed by atoms with Crippen molar-refractivity contribution in [3.8, 4) is 5.75 Å². The van der Waals surface area contributed by atoms with E-state index >= 15 is 0 Å². The summed E-state index contributed by atoms with van der Waals surface area (Å²) in [6, 6.07) is 10.3. The molecule has 5 nitrogen and oxygen atoms in total. The first-order valence-corrected chi connectivity index (χ1v) is 11.2. The zero-order chi connectivity index (χ0) is 20.2. The van der Waals surface area contributed by atoms with E-state index in [1.807, 2.05) is 13.0 Å². The van der Waals surface area contributed by atoms with Crippen molar-refractivity contribution in [1.29, 1.82) is 0 Å². The van der Waals surface area contributed by atoms with Gasteiger partial charge in [0, 0.05) is 28.5 Å². The quantitative estimate of drug-likeness (QED) is 0.614. The maximum absolute atomic E-state index is 12.6. The molecule has 4 rings (SSSR count). The second-order valence-corrected chi connectivity index (χ2v) is 8.79. The van der Waals surface area contributed by atoms with E-state index in [4.69, 9.17) is 4.74 Å². The largest absolute Gasteiger partial charge is 0.497 e. The van der Waals surface area contributed by atoms with Crippen LogP contribution >= 0.6 is 11.3 Å². The Kier molecular flexibility index (Phi) is 6.21. The van der Waals surface area contributed by atoms with Crippen LogP contribution in [-0.2, 0) is 11.2 Å². The Morgan fingerprint density at radius 3 is 2.90 bits per heavy atom. The highest BCUT2D eigenvalue weighted by atomic mass is 32.1. The predicted molar refractivity (Wildman–Crippen MR) is 119 cm³/mol. The Balaban J connectivity index is 1.31. The minimum absolute atomic E-state index is 0.0812. The van der Waals surface area contributed by atoms with Gasteiger partial charge in [-0.05, 0) is 80.4 Å². The number of likely N-dealkylation sites (tertiary alicyclic amines) is 1. The Labute approximate surface area is 176 Å². The molecule has 1 atom stereocenters. The van der Waals surface area contributed by atoms with Crippen molar-refractivity contribution in [2.24, 2.45) is 0 Å². The number of nitrogens with zero attached hydrogens (tertiary/aromatic N) is 1. The van der Waals surface area contributed by atoms with Crippen molar-refractivity contribution in [3.05, 3.63) is 52.3 Å². The normalized spacial score (nSPS) is 16.8. The van der Waals surface area contributed by atoms with Gasteiger partial charge in [0.05, 0.1) is 13.2 Å². The molecule has 6 heteroatoms. The molecule has 154 valence electrons. The predicted octanol–water partition coefficient (Wildman–Crippen LogP) is 4.16. The molecule has 1 aliphatic rings. The SMILES string of the molecule is COc1ccc2[nH]cc(C3CCN(C(C)C(=O)NCCc4cccs4)CC3)c2c1. The molecule has 3 heterocycles. The molecule has 1 saturated heterocycles. The van der Waals surface area contributed by atoms with Gasteiger partial charge in [-0.3, -0.25) is 9.69 Å². The van der Waals surface area contributed by atoms with Crippen molar-refractivity contribution in [1.82, 2.24) is 15.2 Å². The van der Waals surface area contributed by atoms with Crippen LogP contribution < -0.4 is 10.1 Å². The van der Waals surface area contributed by atoms with Crippen molar-refractivity contribution in [2.45, 2.75) is 38.1 Å². The molecule has 1 unspecified atom stereocenters. The number of rotatable bonds is 7. The lowest BCUT2D eigenvalue weighted by atomic mass is 9.88. The second kappa shape index (κ2) is 9.01. The number of carbonyl (C=O) groups is 1. The summed E-state index contributed by atoms with van der Waals surface area (Å²) >= 11 is 1.74. The van der Waals surface area contributed by atoms with E-state index in [1.54, 1.807) is 18.4 Å². The molecule has 3 aromatic rings. The van der Waals surface area contributed by atoms with Crippen LogP contribution in [0.4, 0.5) is 0 Å². The van der Waals surface area contributed by atoms with E-state index in [9.17, 15) is 4.79 Å². The minimum atomic E-state index is -0.0812. The number of piperidine rings is 1. The van der Waals surface area contributed by atoms with Crippen molar-refractivity contribution < 1.29 is 9.53 Å². The fraction of sp³-hybridized carbons (Fsp3) is 0.435. The van der Waals surface area contributed by atoms with Gasteiger partial charge in [-0.1, -0.05) is 6.07 Å². The second-order valence-electron chi connectivity index (χ2n) is 7.76. The third-order valence-electron chi connectivity index (χ3n) is 6.07. The summed E-state index contributed by atoms with van der Waals surface area (Å²) in [5, 5.41) is 6.43. The first-order valence-electron chi connectivity index (χ1n) is 10.3. The van der Waals surface area contributed by atoms with E-state index < -0.39 is 0 Å². The van der Waals surface area contributed by atoms with Gasteiger partial charge in [-0.15, -0.1) is 11.3 Å². The van der Waals surface area contributed by atoms with Crippen LogP contribution in [0.25, 0.3) is 10.9 Å². The number of methoxy groups -OCH3 is 1. The molecule has 1 amide bonds. The molecule has 0 radical (unpaired) electrons. The van der Waals surface area contributed by atoms with Crippen molar-refractivity contribution in [2.75, 3.05) is 26.7 Å². The number of ether oxygens (including phenoxy) is 1. The highest BCUT2D eigenvalue weighted by Crippen LogP contribution is 2.35. The number of aromatic amines is 1. The summed E-state index contributed by atoms with van der Waals surface area (Å²) in [5.74, 6) is 1.54. The van der Waals surface area contributed by atoms with Crippen LogP contribution in [-0.4, -0.2) is 48.6 Å². The van der Waals surface area contributed by atoms with Gasteiger partial charge >= 0.3 is 0 Å². The van der Waals surface area contributed by atoms with E-state index in [2.05, 4.69) is 51.0 Å². The zero-order valence-corrected chi connectivity index (χ0v) is 17.9. The fourth-order valence-corrected chi connectivity index (χ4v) is 4.97. The van der Waals surface area contributed by atoms with Gasteiger partial charge in [0.15, 0.2) is 0 Å². The van der Waals surface area contributed by atoms with Gasteiger partial charge in [-0.2, -0.15) is 0 Å². The highest BCUT2D eigenvalue weighted by Gasteiger charge is 2.28. The number of nitrogens with one attached hydrogen (secondary N) is 2. The van der Waals surface area contributed by atoms with E-state index in [-0.39, 0.29) is 11.9 Å². The molecule has 2 N–H and O–H groups in total. The summed E-state index contributed by atoms with van der Waals surface area (Å²) in [6.07, 6.45) is 5.18. The Bertz CT molecular complexity index is 942.